The molecule has 3 heteroatoms. The Kier molecular flexibility index (Phi) is 3.41. The molecule has 1 N–H and O–H groups in total. The summed E-state index contributed by atoms with van der Waals surface area (Å²) in [6.45, 7) is 2.33. The van der Waals surface area contributed by atoms with Crippen LogP contribution in [-0.4, -0.2) is 10.9 Å². The van der Waals surface area contributed by atoms with Crippen LogP contribution in [-0.2, 0) is 4.79 Å². The van der Waals surface area contributed by atoms with Crippen LogP contribution < -0.4 is 0 Å². The van der Waals surface area contributed by atoms with Gasteiger partial charge < -0.3 is 5.11 Å². The highest BCUT2D eigenvalue weighted by atomic mass is 16.2. The number of aliphatic hydroxyl groups excluding tert-OH is 1. The van der Waals surface area contributed by atoms with Crippen LogP contribution in [0.3, 0.4) is 0 Å². The summed E-state index contributed by atoms with van der Waals surface area (Å²) in [5.41, 5.74) is 2.25. The molecule has 3 nitrogen and oxygen atoms in total. The molecule has 6 atom stereocenters. The smallest absolute Gasteiger partial charge is 0.156 e. The van der Waals surface area contributed by atoms with Crippen LogP contribution in [0.25, 0.3) is 0 Å². The van der Waals surface area contributed by atoms with Crippen LogP contribution in [0.15, 0.2) is 23.5 Å². The van der Waals surface area contributed by atoms with E-state index >= 15 is 0 Å². The Morgan fingerprint density at radius 2 is 2.13 bits per heavy atom. The Labute approximate surface area is 138 Å². The number of hydrogen-bond donors (Lipinski definition) is 1. The number of carbonyl (C=O) groups is 1. The number of aliphatic hydroxyl groups is 1. The van der Waals surface area contributed by atoms with E-state index in [1.807, 2.05) is 0 Å². The van der Waals surface area contributed by atoms with Gasteiger partial charge >= 0.3 is 0 Å². The third-order valence-electron chi connectivity index (χ3n) is 7.57. The molecule has 0 aromatic rings. The second kappa shape index (κ2) is 5.23. The van der Waals surface area contributed by atoms with Crippen LogP contribution >= 0.6 is 0 Å². The first-order valence-electron chi connectivity index (χ1n) is 9.06. The number of carbonyl (C=O) groups excluding carboxylic acids is 1. The number of nitrogens with zero attached hydrogens (tertiary/aromatic N) is 1. The lowest BCUT2D eigenvalue weighted by atomic mass is 9.50. The van der Waals surface area contributed by atoms with Crippen molar-refractivity contribution in [2.75, 3.05) is 0 Å². The van der Waals surface area contributed by atoms with E-state index in [0.717, 1.165) is 43.3 Å². The number of fused-ring (bicyclic) bond motifs is 5. The summed E-state index contributed by atoms with van der Waals surface area (Å²) in [7, 11) is 0. The minimum atomic E-state index is 0.155. The predicted molar refractivity (Wildman–Crippen MR) is 87.3 cm³/mol. The van der Waals surface area contributed by atoms with Crippen molar-refractivity contribution >= 4 is 5.78 Å². The summed E-state index contributed by atoms with van der Waals surface area (Å²) in [5.74, 6) is 2.64. The Balaban J connectivity index is 1.71. The molecule has 3 fully saturated rings. The van der Waals surface area contributed by atoms with Crippen molar-refractivity contribution in [3.05, 3.63) is 23.5 Å². The van der Waals surface area contributed by atoms with Gasteiger partial charge in [-0.3, -0.25) is 4.79 Å². The Hall–Kier alpha value is -1.56. The number of hydrogen-bond acceptors (Lipinski definition) is 3. The molecule has 0 amide bonds. The first-order chi connectivity index (χ1) is 11.1. The van der Waals surface area contributed by atoms with Gasteiger partial charge in [0.15, 0.2) is 5.78 Å². The molecule has 0 spiro atoms. The molecule has 122 valence electrons. The van der Waals surface area contributed by atoms with E-state index in [-0.39, 0.29) is 17.1 Å². The molecule has 4 aliphatic rings. The van der Waals surface area contributed by atoms with Gasteiger partial charge in [0.2, 0.25) is 0 Å². The van der Waals surface area contributed by atoms with E-state index in [0.29, 0.717) is 30.1 Å². The lowest BCUT2D eigenvalue weighted by molar-refractivity contribution is -0.115. The van der Waals surface area contributed by atoms with Gasteiger partial charge in [-0.25, -0.2) is 0 Å². The Bertz CT molecular complexity index is 641. The molecule has 4 aliphatic carbocycles. The standard InChI is InChI=1S/C20H25NO2/c1-20-7-6-16-15-4-3-14(23)9-17(15)12(11-22)8-18(16)19(20)5-2-13(20)10-21/h9,11,13,15-16,18-19,22H,2-8H2,1H3/b12-11+/t13-,15-,16-,18-,19+,20-/m1/s1. The molecule has 0 aromatic heterocycles. The lowest BCUT2D eigenvalue weighted by Crippen LogP contribution is -2.46. The molecule has 4 rings (SSSR count). The second-order valence-electron chi connectivity index (χ2n) is 8.31. The summed E-state index contributed by atoms with van der Waals surface area (Å²) in [5, 5.41) is 19.3. The van der Waals surface area contributed by atoms with Gasteiger partial charge in [0.25, 0.3) is 0 Å². The highest BCUT2D eigenvalue weighted by Crippen LogP contribution is 2.64. The topological polar surface area (TPSA) is 61.1 Å². The number of nitriles is 1. The molecule has 23 heavy (non-hydrogen) atoms. The maximum Gasteiger partial charge on any atom is 0.156 e. The van der Waals surface area contributed by atoms with E-state index in [1.54, 1.807) is 6.08 Å². The normalized spacial score (nSPS) is 47.3. The molecule has 0 radical (unpaired) electrons. The van der Waals surface area contributed by atoms with Crippen LogP contribution in [0.5, 0.6) is 0 Å². The molecular weight excluding hydrogens is 286 g/mol. The zero-order chi connectivity index (χ0) is 16.2. The average Bonchev–Trinajstić information content (AvgIpc) is 2.90. The maximum atomic E-state index is 11.8. The average molecular weight is 311 g/mol. The minimum absolute atomic E-state index is 0.155. The largest absolute Gasteiger partial charge is 0.515 e. The van der Waals surface area contributed by atoms with Gasteiger partial charge in [-0.1, -0.05) is 6.92 Å². The third kappa shape index (κ3) is 2.04. The fourth-order valence-electron chi connectivity index (χ4n) is 6.40. The van der Waals surface area contributed by atoms with Crippen molar-refractivity contribution in [1.29, 1.82) is 5.26 Å². The van der Waals surface area contributed by atoms with Gasteiger partial charge in [0.05, 0.1) is 18.2 Å². The summed E-state index contributed by atoms with van der Waals surface area (Å²) in [6, 6.07) is 2.57. The fraction of sp³-hybridized carbons (Fsp3) is 0.700. The van der Waals surface area contributed by atoms with E-state index in [4.69, 9.17) is 0 Å². The Morgan fingerprint density at radius 1 is 1.30 bits per heavy atom. The molecule has 0 bridgehead atoms. The van der Waals surface area contributed by atoms with E-state index in [1.165, 1.54) is 12.7 Å². The third-order valence-corrected chi connectivity index (χ3v) is 7.57. The van der Waals surface area contributed by atoms with Crippen molar-refractivity contribution in [2.45, 2.75) is 51.9 Å². The van der Waals surface area contributed by atoms with Gasteiger partial charge in [-0.2, -0.15) is 5.26 Å². The minimum Gasteiger partial charge on any atom is -0.515 e. The maximum absolute atomic E-state index is 11.8. The van der Waals surface area contributed by atoms with Crippen LogP contribution in [0, 0.1) is 46.3 Å². The molecule has 0 aliphatic heterocycles. The first kappa shape index (κ1) is 15.0. The van der Waals surface area contributed by atoms with Gasteiger partial charge in [0, 0.05) is 6.42 Å². The van der Waals surface area contributed by atoms with E-state index in [2.05, 4.69) is 13.0 Å². The summed E-state index contributed by atoms with van der Waals surface area (Å²) >= 11 is 0. The number of ketones is 1. The fourth-order valence-corrected chi connectivity index (χ4v) is 6.40. The SMILES string of the molecule is C[C@]12CC[C@H]3[C@@H](C/C(=C\O)C4=CC(=O)CC[C@@H]43)[C@@H]1CC[C@@H]2C#N. The van der Waals surface area contributed by atoms with Crippen LogP contribution in [0.1, 0.15) is 51.9 Å². The Morgan fingerprint density at radius 3 is 2.87 bits per heavy atom. The second-order valence-corrected chi connectivity index (χ2v) is 8.31. The van der Waals surface area contributed by atoms with Crippen molar-refractivity contribution < 1.29 is 9.90 Å². The van der Waals surface area contributed by atoms with E-state index in [9.17, 15) is 15.2 Å². The predicted octanol–water partition coefficient (Wildman–Crippen LogP) is 4.32. The molecule has 0 saturated heterocycles. The highest BCUT2D eigenvalue weighted by Gasteiger charge is 2.57. The first-order valence-corrected chi connectivity index (χ1v) is 9.06. The summed E-state index contributed by atoms with van der Waals surface area (Å²) in [4.78, 5) is 11.8. The van der Waals surface area contributed by atoms with Gasteiger partial charge in [-0.05, 0) is 84.8 Å². The molecule has 0 heterocycles. The zero-order valence-corrected chi connectivity index (χ0v) is 13.8. The zero-order valence-electron chi connectivity index (χ0n) is 13.8. The van der Waals surface area contributed by atoms with Crippen molar-refractivity contribution in [3.8, 4) is 6.07 Å². The molecular formula is C20H25NO2. The van der Waals surface area contributed by atoms with Crippen molar-refractivity contribution in [3.63, 3.8) is 0 Å². The van der Waals surface area contributed by atoms with Crippen LogP contribution in [0.2, 0.25) is 0 Å². The molecule has 0 aromatic carbocycles. The van der Waals surface area contributed by atoms with Crippen molar-refractivity contribution in [1.82, 2.24) is 0 Å². The molecule has 0 unspecified atom stereocenters. The van der Waals surface area contributed by atoms with Gasteiger partial charge in [-0.15, -0.1) is 0 Å². The summed E-state index contributed by atoms with van der Waals surface area (Å²) < 4.78 is 0. The summed E-state index contributed by atoms with van der Waals surface area (Å²) in [6.07, 6.45) is 10.0. The number of allylic oxidation sites excluding steroid dienone is 2. The highest BCUT2D eigenvalue weighted by molar-refractivity contribution is 5.92. The van der Waals surface area contributed by atoms with Gasteiger partial charge in [0.1, 0.15) is 0 Å². The molecule has 3 saturated carbocycles. The van der Waals surface area contributed by atoms with Crippen LogP contribution in [0.4, 0.5) is 0 Å². The number of rotatable bonds is 0. The quantitative estimate of drug-likeness (QED) is 0.678. The van der Waals surface area contributed by atoms with E-state index < -0.39 is 0 Å². The lowest BCUT2D eigenvalue weighted by Gasteiger charge is -2.53. The van der Waals surface area contributed by atoms with Crippen molar-refractivity contribution in [2.24, 2.45) is 35.0 Å². The monoisotopic (exact) mass is 311 g/mol.